The summed E-state index contributed by atoms with van der Waals surface area (Å²) in [7, 11) is -2.29. The third-order valence-corrected chi connectivity index (χ3v) is 4.59. The van der Waals surface area contributed by atoms with Gasteiger partial charge in [0.2, 0.25) is 10.0 Å². The van der Waals surface area contributed by atoms with Crippen LogP contribution in [0.4, 0.5) is 5.69 Å². The Labute approximate surface area is 162 Å². The van der Waals surface area contributed by atoms with Gasteiger partial charge in [0, 0.05) is 5.02 Å². The quantitative estimate of drug-likeness (QED) is 0.702. The van der Waals surface area contributed by atoms with E-state index in [1.54, 1.807) is 31.2 Å². The zero-order valence-corrected chi connectivity index (χ0v) is 16.6. The highest BCUT2D eigenvalue weighted by atomic mass is 35.5. The fourth-order valence-electron chi connectivity index (χ4n) is 2.17. The highest BCUT2D eigenvalue weighted by molar-refractivity contribution is 7.92. The molecule has 1 unspecified atom stereocenters. The van der Waals surface area contributed by atoms with Crippen molar-refractivity contribution in [2.45, 2.75) is 12.8 Å². The molecule has 0 aliphatic heterocycles. The number of esters is 1. The van der Waals surface area contributed by atoms with E-state index in [0.717, 1.165) is 6.26 Å². The van der Waals surface area contributed by atoms with Crippen LogP contribution in [0.1, 0.15) is 18.4 Å². The van der Waals surface area contributed by atoms with Crippen LogP contribution in [-0.4, -0.2) is 27.8 Å². The molecular weight excluding hydrogens is 401 g/mol. The molecular formula is C17H17Cl2NO5S. The largest absolute Gasteiger partial charge is 0.469 e. The molecule has 0 spiro atoms. The average Bonchev–Trinajstić information content (AvgIpc) is 2.55. The molecule has 0 aliphatic carbocycles. The van der Waals surface area contributed by atoms with Crippen LogP contribution < -0.4 is 9.46 Å². The van der Waals surface area contributed by atoms with Crippen LogP contribution in [-0.2, 0) is 19.6 Å². The standard InChI is InChI=1S/C17H17Cl2NO5S/c1-10(17(21)24-2)11-4-6-16(14(8-11)20-26(3,22)23)25-15-7-5-12(18)9-13(15)19/h4-10,20H,1-3H3. The molecule has 0 fully saturated rings. The van der Waals surface area contributed by atoms with Gasteiger partial charge in [-0.3, -0.25) is 9.52 Å². The Kier molecular flexibility index (Phi) is 6.39. The molecule has 2 rings (SSSR count). The lowest BCUT2D eigenvalue weighted by molar-refractivity contribution is -0.141. The molecule has 0 bridgehead atoms. The van der Waals surface area contributed by atoms with Crippen molar-refractivity contribution in [2.75, 3.05) is 18.1 Å². The third-order valence-electron chi connectivity index (χ3n) is 3.47. The van der Waals surface area contributed by atoms with Gasteiger partial charge in [0.25, 0.3) is 0 Å². The van der Waals surface area contributed by atoms with Gasteiger partial charge < -0.3 is 9.47 Å². The van der Waals surface area contributed by atoms with Gasteiger partial charge >= 0.3 is 5.97 Å². The van der Waals surface area contributed by atoms with Crippen LogP contribution in [0.25, 0.3) is 0 Å². The minimum Gasteiger partial charge on any atom is -0.469 e. The Hall–Kier alpha value is -1.96. The van der Waals surface area contributed by atoms with E-state index in [1.807, 2.05) is 0 Å². The SMILES string of the molecule is COC(=O)C(C)c1ccc(Oc2ccc(Cl)cc2Cl)c(NS(C)(=O)=O)c1. The van der Waals surface area contributed by atoms with Gasteiger partial charge in [-0.05, 0) is 42.8 Å². The molecule has 1 atom stereocenters. The number of carbonyl (C=O) groups is 1. The van der Waals surface area contributed by atoms with E-state index in [9.17, 15) is 13.2 Å². The first-order valence-electron chi connectivity index (χ1n) is 7.43. The topological polar surface area (TPSA) is 81.7 Å². The number of sulfonamides is 1. The van der Waals surface area contributed by atoms with Crippen molar-refractivity contribution < 1.29 is 22.7 Å². The van der Waals surface area contributed by atoms with Crippen molar-refractivity contribution in [2.24, 2.45) is 0 Å². The zero-order chi connectivity index (χ0) is 19.5. The summed E-state index contributed by atoms with van der Waals surface area (Å²) in [5.74, 6) is -0.486. The second-order valence-electron chi connectivity index (χ2n) is 5.55. The molecule has 2 aromatic carbocycles. The molecule has 140 valence electrons. The van der Waals surface area contributed by atoms with E-state index < -0.39 is 21.9 Å². The lowest BCUT2D eigenvalue weighted by Crippen LogP contribution is -2.13. The van der Waals surface area contributed by atoms with Crippen LogP contribution in [0.5, 0.6) is 11.5 Å². The minimum absolute atomic E-state index is 0.173. The van der Waals surface area contributed by atoms with Gasteiger partial charge in [-0.15, -0.1) is 0 Å². The molecule has 0 radical (unpaired) electrons. The zero-order valence-electron chi connectivity index (χ0n) is 14.2. The van der Waals surface area contributed by atoms with Gasteiger partial charge in [0.05, 0.1) is 30.0 Å². The molecule has 9 heteroatoms. The summed E-state index contributed by atoms with van der Waals surface area (Å²) in [5, 5.41) is 0.717. The summed E-state index contributed by atoms with van der Waals surface area (Å²) >= 11 is 12.0. The van der Waals surface area contributed by atoms with Gasteiger partial charge in [-0.25, -0.2) is 8.42 Å². The van der Waals surface area contributed by atoms with Crippen molar-refractivity contribution in [1.82, 2.24) is 0 Å². The molecule has 2 aromatic rings. The average molecular weight is 418 g/mol. The number of halogens is 2. The molecule has 26 heavy (non-hydrogen) atoms. The Morgan fingerprint density at radius 2 is 1.77 bits per heavy atom. The van der Waals surface area contributed by atoms with E-state index in [-0.39, 0.29) is 16.5 Å². The number of benzene rings is 2. The van der Waals surface area contributed by atoms with Crippen molar-refractivity contribution in [3.05, 3.63) is 52.0 Å². The van der Waals surface area contributed by atoms with Gasteiger partial charge in [-0.2, -0.15) is 0 Å². The summed E-state index contributed by atoms with van der Waals surface area (Å²) in [5.41, 5.74) is 0.740. The number of anilines is 1. The number of hydrogen-bond donors (Lipinski definition) is 1. The molecule has 0 heterocycles. The lowest BCUT2D eigenvalue weighted by atomic mass is 10.0. The number of rotatable bonds is 6. The Morgan fingerprint density at radius 3 is 2.35 bits per heavy atom. The molecule has 0 aliphatic rings. The number of hydrogen-bond acceptors (Lipinski definition) is 5. The van der Waals surface area contributed by atoms with Crippen molar-refractivity contribution in [3.63, 3.8) is 0 Å². The predicted molar refractivity (Wildman–Crippen MR) is 102 cm³/mol. The summed E-state index contributed by atoms with van der Waals surface area (Å²) in [6.07, 6.45) is 1.02. The minimum atomic E-state index is -3.58. The Morgan fingerprint density at radius 1 is 1.12 bits per heavy atom. The number of nitrogens with one attached hydrogen (secondary N) is 1. The maximum Gasteiger partial charge on any atom is 0.312 e. The van der Waals surface area contributed by atoms with Gasteiger partial charge in [0.1, 0.15) is 5.75 Å². The monoisotopic (exact) mass is 417 g/mol. The number of methoxy groups -OCH3 is 1. The van der Waals surface area contributed by atoms with Crippen LogP contribution >= 0.6 is 23.2 Å². The second-order valence-corrected chi connectivity index (χ2v) is 8.14. The summed E-state index contributed by atoms with van der Waals surface area (Å²) in [6, 6.07) is 9.39. The highest BCUT2D eigenvalue weighted by Gasteiger charge is 2.19. The van der Waals surface area contributed by atoms with E-state index in [2.05, 4.69) is 4.72 Å². The fourth-order valence-corrected chi connectivity index (χ4v) is 3.18. The first kappa shape index (κ1) is 20.4. The first-order valence-corrected chi connectivity index (χ1v) is 10.1. The molecule has 0 saturated heterocycles. The smallest absolute Gasteiger partial charge is 0.312 e. The van der Waals surface area contributed by atoms with E-state index in [4.69, 9.17) is 32.7 Å². The highest BCUT2D eigenvalue weighted by Crippen LogP contribution is 2.37. The number of ether oxygens (including phenoxy) is 2. The van der Waals surface area contributed by atoms with E-state index >= 15 is 0 Å². The molecule has 0 amide bonds. The summed E-state index contributed by atoms with van der Waals surface area (Å²) < 4.78 is 36.2. The maximum atomic E-state index is 11.7. The number of carbonyl (C=O) groups excluding carboxylic acids is 1. The van der Waals surface area contributed by atoms with Gasteiger partial charge in [-0.1, -0.05) is 29.3 Å². The van der Waals surface area contributed by atoms with Crippen molar-refractivity contribution >= 4 is 44.9 Å². The lowest BCUT2D eigenvalue weighted by Gasteiger charge is -2.16. The molecule has 0 aromatic heterocycles. The Bertz CT molecular complexity index is 931. The van der Waals surface area contributed by atoms with Crippen LogP contribution in [0.2, 0.25) is 10.0 Å². The fraction of sp³-hybridized carbons (Fsp3) is 0.235. The van der Waals surface area contributed by atoms with Crippen molar-refractivity contribution in [1.29, 1.82) is 0 Å². The molecule has 1 N–H and O–H groups in total. The first-order chi connectivity index (χ1) is 12.1. The maximum absolute atomic E-state index is 11.7. The predicted octanol–water partition coefficient (Wildman–Crippen LogP) is 4.43. The van der Waals surface area contributed by atoms with Crippen LogP contribution in [0, 0.1) is 0 Å². The van der Waals surface area contributed by atoms with Crippen molar-refractivity contribution in [3.8, 4) is 11.5 Å². The molecule has 0 saturated carbocycles. The summed E-state index contributed by atoms with van der Waals surface area (Å²) in [6.45, 7) is 1.65. The van der Waals surface area contributed by atoms with Crippen LogP contribution in [0.3, 0.4) is 0 Å². The van der Waals surface area contributed by atoms with Crippen LogP contribution in [0.15, 0.2) is 36.4 Å². The molecule has 6 nitrogen and oxygen atoms in total. The van der Waals surface area contributed by atoms with Gasteiger partial charge in [0.15, 0.2) is 5.75 Å². The normalized spacial score (nSPS) is 12.3. The van der Waals surface area contributed by atoms with E-state index in [0.29, 0.717) is 16.3 Å². The second kappa shape index (κ2) is 8.16. The third kappa shape index (κ3) is 5.27. The summed E-state index contributed by atoms with van der Waals surface area (Å²) in [4.78, 5) is 11.7. The van der Waals surface area contributed by atoms with E-state index in [1.165, 1.54) is 19.2 Å². The Balaban J connectivity index is 2.45.